The van der Waals surface area contributed by atoms with Crippen molar-refractivity contribution in [1.82, 2.24) is 10.2 Å². The van der Waals surface area contributed by atoms with Crippen molar-refractivity contribution in [3.05, 3.63) is 0 Å². The molecule has 0 spiro atoms. The third kappa shape index (κ3) is 4.46. The molecule has 1 aliphatic carbocycles. The molecule has 1 atom stereocenters. The Morgan fingerprint density at radius 2 is 2.06 bits per heavy atom. The summed E-state index contributed by atoms with van der Waals surface area (Å²) in [5.41, 5.74) is 0. The van der Waals surface area contributed by atoms with E-state index in [-0.39, 0.29) is 17.6 Å². The number of hydrogen-bond acceptors (Lipinski definition) is 3. The molecule has 1 aliphatic rings. The predicted molar refractivity (Wildman–Crippen MR) is 67.7 cm³/mol. The Bertz CT molecular complexity index is 275. The lowest BCUT2D eigenvalue weighted by Crippen LogP contribution is -2.39. The molecule has 1 N–H and O–H groups in total. The number of carbonyl (C=O) groups excluding carboxylic acids is 2. The fourth-order valence-corrected chi connectivity index (χ4v) is 1.97. The summed E-state index contributed by atoms with van der Waals surface area (Å²) in [4.78, 5) is 25.5. The van der Waals surface area contributed by atoms with Gasteiger partial charge in [0.2, 0.25) is 5.91 Å². The Labute approximate surface area is 104 Å². The molecular weight excluding hydrogens is 216 g/mol. The standard InChI is InChI=1S/C13H24N2O2/c1-4-12(16)10(2)9-13(17)15(8-7-14-3)11-5-6-11/h10-11,14H,4-9H2,1-3H3. The maximum atomic E-state index is 12.1. The molecule has 0 saturated heterocycles. The smallest absolute Gasteiger partial charge is 0.223 e. The molecule has 1 unspecified atom stereocenters. The zero-order valence-electron chi connectivity index (χ0n) is 11.2. The molecule has 0 aromatic rings. The lowest BCUT2D eigenvalue weighted by molar-refractivity contribution is -0.135. The minimum Gasteiger partial charge on any atom is -0.338 e. The Morgan fingerprint density at radius 1 is 1.41 bits per heavy atom. The topological polar surface area (TPSA) is 49.4 Å². The fourth-order valence-electron chi connectivity index (χ4n) is 1.97. The zero-order valence-corrected chi connectivity index (χ0v) is 11.2. The highest BCUT2D eigenvalue weighted by atomic mass is 16.2. The number of ketones is 1. The Hall–Kier alpha value is -0.900. The molecule has 0 bridgehead atoms. The van der Waals surface area contributed by atoms with Crippen molar-refractivity contribution in [3.8, 4) is 0 Å². The Balaban J connectivity index is 2.44. The van der Waals surface area contributed by atoms with E-state index in [0.29, 0.717) is 18.9 Å². The molecule has 1 saturated carbocycles. The largest absolute Gasteiger partial charge is 0.338 e. The summed E-state index contributed by atoms with van der Waals surface area (Å²) in [5.74, 6) is 0.183. The van der Waals surface area contributed by atoms with Gasteiger partial charge in [-0.1, -0.05) is 13.8 Å². The van der Waals surface area contributed by atoms with Crippen molar-refractivity contribution < 1.29 is 9.59 Å². The van der Waals surface area contributed by atoms with Crippen LogP contribution in [0.25, 0.3) is 0 Å². The summed E-state index contributed by atoms with van der Waals surface area (Å²) in [7, 11) is 1.89. The molecule has 17 heavy (non-hydrogen) atoms. The van der Waals surface area contributed by atoms with Gasteiger partial charge in [0, 0.05) is 37.9 Å². The average Bonchev–Trinajstić information content (AvgIpc) is 3.12. The van der Waals surface area contributed by atoms with E-state index in [2.05, 4.69) is 5.32 Å². The summed E-state index contributed by atoms with van der Waals surface area (Å²) >= 11 is 0. The maximum Gasteiger partial charge on any atom is 0.223 e. The van der Waals surface area contributed by atoms with Gasteiger partial charge in [-0.25, -0.2) is 0 Å². The first-order valence-electron chi connectivity index (χ1n) is 6.56. The first-order valence-corrected chi connectivity index (χ1v) is 6.56. The zero-order chi connectivity index (χ0) is 12.8. The van der Waals surface area contributed by atoms with E-state index in [1.54, 1.807) is 0 Å². The van der Waals surface area contributed by atoms with E-state index < -0.39 is 0 Å². The fraction of sp³-hybridized carbons (Fsp3) is 0.846. The van der Waals surface area contributed by atoms with Crippen LogP contribution in [-0.2, 0) is 9.59 Å². The van der Waals surface area contributed by atoms with Gasteiger partial charge in [-0.2, -0.15) is 0 Å². The minimum atomic E-state index is -0.136. The number of Topliss-reactive ketones (excluding diaryl/α,β-unsaturated/α-hetero) is 1. The molecule has 1 amide bonds. The van der Waals surface area contributed by atoms with Gasteiger partial charge < -0.3 is 10.2 Å². The van der Waals surface area contributed by atoms with E-state index in [4.69, 9.17) is 0 Å². The van der Waals surface area contributed by atoms with Gasteiger partial charge >= 0.3 is 0 Å². The van der Waals surface area contributed by atoms with Gasteiger partial charge in [0.25, 0.3) is 0 Å². The lowest BCUT2D eigenvalue weighted by Gasteiger charge is -2.23. The number of amides is 1. The van der Waals surface area contributed by atoms with Crippen molar-refractivity contribution in [1.29, 1.82) is 0 Å². The normalized spacial score (nSPS) is 16.6. The van der Waals surface area contributed by atoms with Crippen LogP contribution >= 0.6 is 0 Å². The van der Waals surface area contributed by atoms with Gasteiger partial charge in [0.15, 0.2) is 0 Å². The van der Waals surface area contributed by atoms with Gasteiger partial charge in [0.1, 0.15) is 5.78 Å². The summed E-state index contributed by atoms with van der Waals surface area (Å²) in [5, 5.41) is 3.06. The van der Waals surface area contributed by atoms with Crippen LogP contribution in [0.3, 0.4) is 0 Å². The van der Waals surface area contributed by atoms with Crippen molar-refractivity contribution >= 4 is 11.7 Å². The minimum absolute atomic E-state index is 0.136. The van der Waals surface area contributed by atoms with Crippen LogP contribution in [0.4, 0.5) is 0 Å². The molecule has 0 aromatic carbocycles. The third-order valence-electron chi connectivity index (χ3n) is 3.29. The molecule has 0 aliphatic heterocycles. The van der Waals surface area contributed by atoms with E-state index in [0.717, 1.165) is 25.9 Å². The van der Waals surface area contributed by atoms with Crippen LogP contribution in [0.5, 0.6) is 0 Å². The Kier molecular flexibility index (Phi) is 5.62. The molecule has 98 valence electrons. The second kappa shape index (κ2) is 6.74. The number of nitrogens with zero attached hydrogens (tertiary/aromatic N) is 1. The highest BCUT2D eigenvalue weighted by Gasteiger charge is 2.32. The summed E-state index contributed by atoms with van der Waals surface area (Å²) in [6.45, 7) is 5.28. The van der Waals surface area contributed by atoms with E-state index in [9.17, 15) is 9.59 Å². The summed E-state index contributed by atoms with van der Waals surface area (Å²) in [6, 6.07) is 0.430. The quantitative estimate of drug-likeness (QED) is 0.693. The van der Waals surface area contributed by atoms with Crippen LogP contribution < -0.4 is 5.32 Å². The first-order chi connectivity index (χ1) is 8.10. The second-order valence-electron chi connectivity index (χ2n) is 4.85. The average molecular weight is 240 g/mol. The highest BCUT2D eigenvalue weighted by molar-refractivity contribution is 5.86. The molecule has 0 heterocycles. The van der Waals surface area contributed by atoms with E-state index >= 15 is 0 Å². The van der Waals surface area contributed by atoms with Crippen LogP contribution in [0.15, 0.2) is 0 Å². The predicted octanol–water partition coefficient (Wildman–Crippen LogP) is 1.20. The molecule has 0 radical (unpaired) electrons. The van der Waals surface area contributed by atoms with Crippen LogP contribution in [0.2, 0.25) is 0 Å². The second-order valence-corrected chi connectivity index (χ2v) is 4.85. The summed E-state index contributed by atoms with van der Waals surface area (Å²) in [6.07, 6.45) is 3.12. The molecule has 0 aromatic heterocycles. The Morgan fingerprint density at radius 3 is 2.53 bits per heavy atom. The van der Waals surface area contributed by atoms with Crippen molar-refractivity contribution in [2.45, 2.75) is 45.6 Å². The molecule has 4 nitrogen and oxygen atoms in total. The number of carbonyl (C=O) groups is 2. The maximum absolute atomic E-state index is 12.1. The highest BCUT2D eigenvalue weighted by Crippen LogP contribution is 2.27. The number of hydrogen-bond donors (Lipinski definition) is 1. The van der Waals surface area contributed by atoms with Crippen molar-refractivity contribution in [3.63, 3.8) is 0 Å². The van der Waals surface area contributed by atoms with Crippen molar-refractivity contribution in [2.24, 2.45) is 5.92 Å². The van der Waals surface area contributed by atoms with Crippen LogP contribution in [-0.4, -0.2) is 42.8 Å². The van der Waals surface area contributed by atoms with Gasteiger partial charge in [-0.15, -0.1) is 0 Å². The molecule has 1 rings (SSSR count). The number of likely N-dealkylation sites (N-methyl/N-ethyl adjacent to an activating group) is 1. The van der Waals surface area contributed by atoms with Crippen molar-refractivity contribution in [2.75, 3.05) is 20.1 Å². The van der Waals surface area contributed by atoms with E-state index in [1.807, 2.05) is 25.8 Å². The number of nitrogens with one attached hydrogen (secondary N) is 1. The van der Waals surface area contributed by atoms with Gasteiger partial charge in [-0.3, -0.25) is 9.59 Å². The SMILES string of the molecule is CCC(=O)C(C)CC(=O)N(CCNC)C1CC1. The molecule has 1 fully saturated rings. The lowest BCUT2D eigenvalue weighted by atomic mass is 10.00. The molecule has 4 heteroatoms. The van der Waals surface area contributed by atoms with Gasteiger partial charge in [0.05, 0.1) is 0 Å². The first kappa shape index (κ1) is 14.2. The molecular formula is C13H24N2O2. The van der Waals surface area contributed by atoms with Gasteiger partial charge in [-0.05, 0) is 19.9 Å². The summed E-state index contributed by atoms with van der Waals surface area (Å²) < 4.78 is 0. The monoisotopic (exact) mass is 240 g/mol. The number of rotatable bonds is 8. The van der Waals surface area contributed by atoms with Crippen LogP contribution in [0.1, 0.15) is 39.5 Å². The van der Waals surface area contributed by atoms with E-state index in [1.165, 1.54) is 0 Å². The third-order valence-corrected chi connectivity index (χ3v) is 3.29. The van der Waals surface area contributed by atoms with Crippen LogP contribution in [0, 0.1) is 5.92 Å².